The third-order valence-electron chi connectivity index (χ3n) is 4.63. The lowest BCUT2D eigenvalue weighted by atomic mass is 9.78. The summed E-state index contributed by atoms with van der Waals surface area (Å²) >= 11 is 12.4. The molecule has 4 nitrogen and oxygen atoms in total. The fourth-order valence-electron chi connectivity index (χ4n) is 3.45. The molecule has 1 atom stereocenters. The van der Waals surface area contributed by atoms with Crippen LogP contribution in [0.15, 0.2) is 17.7 Å². The molecule has 0 radical (unpaired) electrons. The van der Waals surface area contributed by atoms with Crippen LogP contribution in [0.4, 0.5) is 0 Å². The standard InChI is InChI=1S/C17H16Cl2O4/c1-17(10-4-2-3-5-10)7-9-6-11(23-8-12(20)21)14(18)15(19)13(9)16(17)22/h4,6H,2-3,5,7-8H2,1H3,(H,20,21). The van der Waals surface area contributed by atoms with Gasteiger partial charge in [0.25, 0.3) is 0 Å². The van der Waals surface area contributed by atoms with E-state index in [1.54, 1.807) is 6.07 Å². The second-order valence-corrected chi connectivity index (χ2v) is 6.93. The second kappa shape index (κ2) is 5.84. The van der Waals surface area contributed by atoms with Crippen molar-refractivity contribution in [2.45, 2.75) is 32.6 Å². The summed E-state index contributed by atoms with van der Waals surface area (Å²) in [7, 11) is 0. The second-order valence-electron chi connectivity index (χ2n) is 6.18. The molecule has 2 aliphatic rings. The van der Waals surface area contributed by atoms with Gasteiger partial charge in [-0.15, -0.1) is 0 Å². The average molecular weight is 355 g/mol. The van der Waals surface area contributed by atoms with Crippen molar-refractivity contribution < 1.29 is 19.4 Å². The number of carbonyl (C=O) groups is 2. The topological polar surface area (TPSA) is 63.6 Å². The minimum Gasteiger partial charge on any atom is -0.480 e. The van der Waals surface area contributed by atoms with Crippen molar-refractivity contribution in [1.29, 1.82) is 0 Å². The highest BCUT2D eigenvalue weighted by molar-refractivity contribution is 6.45. The van der Waals surface area contributed by atoms with Crippen LogP contribution in [0.5, 0.6) is 5.75 Å². The average Bonchev–Trinajstić information content (AvgIpc) is 3.10. The van der Waals surface area contributed by atoms with Crippen molar-refractivity contribution in [2.24, 2.45) is 5.41 Å². The number of carboxylic acid groups (broad SMARTS) is 1. The SMILES string of the molecule is CC1(C2=CCCC2)Cc2cc(OCC(=O)O)c(Cl)c(Cl)c2C1=O. The van der Waals surface area contributed by atoms with Crippen LogP contribution in [0.3, 0.4) is 0 Å². The number of hydrogen-bond acceptors (Lipinski definition) is 3. The Kier molecular flexibility index (Phi) is 4.15. The Labute approximate surface area is 144 Å². The summed E-state index contributed by atoms with van der Waals surface area (Å²) in [5, 5.41) is 8.97. The summed E-state index contributed by atoms with van der Waals surface area (Å²) in [6, 6.07) is 1.64. The van der Waals surface area contributed by atoms with Crippen LogP contribution in [0.1, 0.15) is 42.1 Å². The summed E-state index contributed by atoms with van der Waals surface area (Å²) in [4.78, 5) is 23.6. The summed E-state index contributed by atoms with van der Waals surface area (Å²) < 4.78 is 5.19. The third-order valence-corrected chi connectivity index (χ3v) is 5.48. The van der Waals surface area contributed by atoms with Gasteiger partial charge in [-0.2, -0.15) is 0 Å². The number of ether oxygens (including phenoxy) is 1. The van der Waals surface area contributed by atoms with E-state index in [1.807, 2.05) is 6.92 Å². The molecule has 1 aromatic rings. The molecule has 1 aromatic carbocycles. The predicted molar refractivity (Wildman–Crippen MR) is 87.7 cm³/mol. The first-order chi connectivity index (χ1) is 10.8. The van der Waals surface area contributed by atoms with Crippen LogP contribution >= 0.6 is 23.2 Å². The number of Topliss-reactive ketones (excluding diaryl/α,β-unsaturated/α-hetero) is 1. The number of hydrogen-bond donors (Lipinski definition) is 1. The molecular weight excluding hydrogens is 339 g/mol. The van der Waals surface area contributed by atoms with Gasteiger partial charge in [0.1, 0.15) is 10.8 Å². The fraction of sp³-hybridized carbons (Fsp3) is 0.412. The predicted octanol–water partition coefficient (Wildman–Crippen LogP) is 4.31. The van der Waals surface area contributed by atoms with Crippen LogP contribution in [-0.2, 0) is 11.2 Å². The first kappa shape index (κ1) is 16.3. The molecule has 23 heavy (non-hydrogen) atoms. The minimum atomic E-state index is -1.10. The van der Waals surface area contributed by atoms with Gasteiger partial charge >= 0.3 is 5.97 Å². The number of carboxylic acids is 1. The molecule has 6 heteroatoms. The molecule has 0 bridgehead atoms. The maximum Gasteiger partial charge on any atom is 0.341 e. The van der Waals surface area contributed by atoms with E-state index in [4.69, 9.17) is 33.0 Å². The number of ketones is 1. The summed E-state index contributed by atoms with van der Waals surface area (Å²) in [5.74, 6) is -0.915. The van der Waals surface area contributed by atoms with E-state index >= 15 is 0 Å². The summed E-state index contributed by atoms with van der Waals surface area (Å²) in [6.07, 6.45) is 5.66. The number of aliphatic carboxylic acids is 1. The Hall–Kier alpha value is -1.52. The van der Waals surface area contributed by atoms with E-state index in [0.717, 1.165) is 30.4 Å². The first-order valence-corrected chi connectivity index (χ1v) is 8.20. The number of rotatable bonds is 4. The normalized spacial score (nSPS) is 22.9. The highest BCUT2D eigenvalue weighted by Gasteiger charge is 2.46. The van der Waals surface area contributed by atoms with Gasteiger partial charge in [0.2, 0.25) is 0 Å². The van der Waals surface area contributed by atoms with Crippen molar-refractivity contribution in [3.63, 3.8) is 0 Å². The molecule has 0 spiro atoms. The van der Waals surface area contributed by atoms with Crippen LogP contribution < -0.4 is 4.74 Å². The number of halogens is 2. The smallest absolute Gasteiger partial charge is 0.341 e. The van der Waals surface area contributed by atoms with Gasteiger partial charge < -0.3 is 9.84 Å². The lowest BCUT2D eigenvalue weighted by Crippen LogP contribution is -2.26. The quantitative estimate of drug-likeness (QED) is 0.818. The Bertz CT molecular complexity index is 739. The zero-order valence-corrected chi connectivity index (χ0v) is 14.1. The Morgan fingerprint density at radius 1 is 1.39 bits per heavy atom. The number of benzene rings is 1. The van der Waals surface area contributed by atoms with Gasteiger partial charge in [0.15, 0.2) is 12.4 Å². The lowest BCUT2D eigenvalue weighted by Gasteiger charge is -2.23. The van der Waals surface area contributed by atoms with Crippen LogP contribution in [0, 0.1) is 5.41 Å². The van der Waals surface area contributed by atoms with E-state index in [9.17, 15) is 9.59 Å². The molecule has 0 saturated heterocycles. The van der Waals surface area contributed by atoms with Crippen molar-refractivity contribution >= 4 is 35.0 Å². The van der Waals surface area contributed by atoms with Gasteiger partial charge in [-0.05, 0) is 44.2 Å². The Morgan fingerprint density at radius 3 is 2.74 bits per heavy atom. The zero-order valence-electron chi connectivity index (χ0n) is 12.6. The van der Waals surface area contributed by atoms with E-state index in [2.05, 4.69) is 6.08 Å². The van der Waals surface area contributed by atoms with Crippen molar-refractivity contribution in [3.05, 3.63) is 38.9 Å². The van der Waals surface area contributed by atoms with Gasteiger partial charge in [-0.1, -0.05) is 34.9 Å². The van der Waals surface area contributed by atoms with E-state index < -0.39 is 18.0 Å². The summed E-state index contributed by atoms with van der Waals surface area (Å²) in [6.45, 7) is 1.43. The molecule has 122 valence electrons. The van der Waals surface area contributed by atoms with Crippen molar-refractivity contribution in [1.82, 2.24) is 0 Å². The van der Waals surface area contributed by atoms with Gasteiger partial charge in [0.05, 0.1) is 10.4 Å². The van der Waals surface area contributed by atoms with Gasteiger partial charge in [0, 0.05) is 5.56 Å². The number of carbonyl (C=O) groups excluding carboxylic acids is 1. The molecule has 1 unspecified atom stereocenters. The lowest BCUT2D eigenvalue weighted by molar-refractivity contribution is -0.139. The molecular formula is C17H16Cl2O4. The third kappa shape index (κ3) is 2.64. The maximum absolute atomic E-state index is 12.9. The highest BCUT2D eigenvalue weighted by Crippen LogP contribution is 2.50. The van der Waals surface area contributed by atoms with E-state index in [0.29, 0.717) is 12.0 Å². The van der Waals surface area contributed by atoms with Crippen molar-refractivity contribution in [3.8, 4) is 5.75 Å². The van der Waals surface area contributed by atoms with Crippen LogP contribution in [-0.4, -0.2) is 23.5 Å². The molecule has 0 aliphatic heterocycles. The molecule has 0 heterocycles. The Morgan fingerprint density at radius 2 is 2.13 bits per heavy atom. The van der Waals surface area contributed by atoms with Gasteiger partial charge in [-0.25, -0.2) is 4.79 Å². The molecule has 0 aromatic heterocycles. The highest BCUT2D eigenvalue weighted by atomic mass is 35.5. The zero-order chi connectivity index (χ0) is 16.8. The number of allylic oxidation sites excluding steroid dienone is 2. The van der Waals surface area contributed by atoms with Gasteiger partial charge in [-0.3, -0.25) is 4.79 Å². The molecule has 0 saturated carbocycles. The fourth-order valence-corrected chi connectivity index (χ4v) is 3.95. The molecule has 2 aliphatic carbocycles. The van der Waals surface area contributed by atoms with E-state index in [1.165, 1.54) is 0 Å². The summed E-state index contributed by atoms with van der Waals surface area (Å²) in [5.41, 5.74) is 1.77. The molecule has 1 N–H and O–H groups in total. The van der Waals surface area contributed by atoms with Crippen LogP contribution in [0.2, 0.25) is 10.0 Å². The molecule has 3 rings (SSSR count). The molecule has 0 fully saturated rings. The molecule has 0 amide bonds. The van der Waals surface area contributed by atoms with E-state index in [-0.39, 0.29) is 21.6 Å². The monoisotopic (exact) mass is 354 g/mol. The first-order valence-electron chi connectivity index (χ1n) is 7.44. The minimum absolute atomic E-state index is 0.0164. The maximum atomic E-state index is 12.9. The Balaban J connectivity index is 2.01. The van der Waals surface area contributed by atoms with Crippen molar-refractivity contribution in [2.75, 3.05) is 6.61 Å². The largest absolute Gasteiger partial charge is 0.480 e. The van der Waals surface area contributed by atoms with Crippen LogP contribution in [0.25, 0.3) is 0 Å². The number of fused-ring (bicyclic) bond motifs is 1.